The van der Waals surface area contributed by atoms with Gasteiger partial charge in [-0.15, -0.1) is 0 Å². The van der Waals surface area contributed by atoms with Gasteiger partial charge in [-0.1, -0.05) is 0 Å². The number of alkyl halides is 3. The molecular formula is C31H43F3N6O5. The van der Waals surface area contributed by atoms with E-state index in [-0.39, 0.29) is 28.8 Å². The highest BCUT2D eigenvalue weighted by molar-refractivity contribution is 6.09. The van der Waals surface area contributed by atoms with Crippen molar-refractivity contribution in [2.24, 2.45) is 0 Å². The number of hydrogen-bond donors (Lipinski definition) is 0. The molecule has 0 radical (unpaired) electrons. The molecule has 0 bridgehead atoms. The summed E-state index contributed by atoms with van der Waals surface area (Å²) in [6.45, 7) is 17.8. The highest BCUT2D eigenvalue weighted by Gasteiger charge is 2.43. The second kappa shape index (κ2) is 12.3. The van der Waals surface area contributed by atoms with Crippen LogP contribution in [0.1, 0.15) is 85.6 Å². The van der Waals surface area contributed by atoms with Crippen LogP contribution in [-0.4, -0.2) is 74.5 Å². The van der Waals surface area contributed by atoms with Crippen LogP contribution in [0.3, 0.4) is 0 Å². The quantitative estimate of drug-likeness (QED) is 0.375. The van der Waals surface area contributed by atoms with Gasteiger partial charge in [0.05, 0.1) is 29.7 Å². The molecule has 45 heavy (non-hydrogen) atoms. The minimum Gasteiger partial charge on any atom is -0.473 e. The van der Waals surface area contributed by atoms with Gasteiger partial charge >= 0.3 is 18.4 Å². The number of carbonyl (C=O) groups excluding carboxylic acids is 2. The average molecular weight is 637 g/mol. The van der Waals surface area contributed by atoms with Gasteiger partial charge in [0.2, 0.25) is 5.88 Å². The van der Waals surface area contributed by atoms with Gasteiger partial charge in [0.15, 0.2) is 5.82 Å². The fourth-order valence-electron chi connectivity index (χ4n) is 5.10. The standard InChI is InChI=1S/C31H43F3N6O5/c1-28(2,3)39-13-10-20(16-39)43-25-21-17-38(12-11-23(21)36-18-37-25)19-14-22(31(32,33)34)24(35-15-19)40(26(41)44-29(4,5)6)27(42)45-30(7,8)9/h14-15,18,20H,10-13,16-17H2,1-9H3/t20-/m0/s1. The number of aromatic nitrogens is 3. The Kier molecular flexibility index (Phi) is 9.31. The number of hydrogen-bond acceptors (Lipinski definition) is 10. The van der Waals surface area contributed by atoms with Crippen LogP contribution in [0.4, 0.5) is 34.3 Å². The summed E-state index contributed by atoms with van der Waals surface area (Å²) in [5.41, 5.74) is -1.91. The first kappa shape index (κ1) is 34.2. The monoisotopic (exact) mass is 636 g/mol. The molecule has 248 valence electrons. The largest absolute Gasteiger partial charge is 0.473 e. The van der Waals surface area contributed by atoms with Crippen LogP contribution in [0.25, 0.3) is 0 Å². The highest BCUT2D eigenvalue weighted by atomic mass is 19.4. The van der Waals surface area contributed by atoms with Gasteiger partial charge in [-0.2, -0.15) is 18.1 Å². The van der Waals surface area contributed by atoms with E-state index < -0.39 is 40.9 Å². The molecule has 4 heterocycles. The SMILES string of the molecule is CC(C)(C)OC(=O)N(C(=O)OC(C)(C)C)c1ncc(N2CCc3ncnc(O[C@H]4CCN(C(C)(C)C)C4)c3C2)cc1C(F)(F)F. The number of halogens is 3. The Bertz CT molecular complexity index is 1390. The number of imide groups is 1. The fourth-order valence-corrected chi connectivity index (χ4v) is 5.10. The molecule has 0 unspecified atom stereocenters. The lowest BCUT2D eigenvalue weighted by atomic mass is 10.1. The first-order valence-electron chi connectivity index (χ1n) is 14.9. The van der Waals surface area contributed by atoms with E-state index in [1.807, 2.05) is 0 Å². The summed E-state index contributed by atoms with van der Waals surface area (Å²) in [6, 6.07) is 0.873. The van der Waals surface area contributed by atoms with Crippen molar-refractivity contribution in [1.82, 2.24) is 19.9 Å². The van der Waals surface area contributed by atoms with Gasteiger partial charge in [0.25, 0.3) is 0 Å². The molecule has 2 aromatic rings. The average Bonchev–Trinajstić information content (AvgIpc) is 3.35. The smallest absolute Gasteiger partial charge is 0.425 e. The molecule has 0 aliphatic carbocycles. The maximum Gasteiger partial charge on any atom is 0.425 e. The van der Waals surface area contributed by atoms with E-state index in [9.17, 15) is 22.8 Å². The van der Waals surface area contributed by atoms with Crippen LogP contribution >= 0.6 is 0 Å². The van der Waals surface area contributed by atoms with E-state index in [1.165, 1.54) is 54.1 Å². The Labute approximate surface area is 262 Å². The third-order valence-corrected chi connectivity index (χ3v) is 7.22. The van der Waals surface area contributed by atoms with Gasteiger partial charge in [-0.25, -0.2) is 24.5 Å². The summed E-state index contributed by atoms with van der Waals surface area (Å²) in [4.78, 5) is 43.2. The van der Waals surface area contributed by atoms with Gasteiger partial charge in [0, 0.05) is 31.6 Å². The van der Waals surface area contributed by atoms with E-state index in [0.29, 0.717) is 24.4 Å². The molecule has 1 fully saturated rings. The van der Waals surface area contributed by atoms with Crippen LogP contribution < -0.4 is 14.5 Å². The molecule has 2 aliphatic rings. The number of ether oxygens (including phenoxy) is 3. The number of fused-ring (bicyclic) bond motifs is 1. The molecule has 11 nitrogen and oxygen atoms in total. The van der Waals surface area contributed by atoms with Crippen LogP contribution in [0, 0.1) is 0 Å². The third-order valence-electron chi connectivity index (χ3n) is 7.22. The molecule has 0 saturated carbocycles. The molecule has 1 atom stereocenters. The molecule has 14 heteroatoms. The molecule has 0 spiro atoms. The number of pyridine rings is 1. The summed E-state index contributed by atoms with van der Waals surface area (Å²) in [5.74, 6) is -0.531. The first-order chi connectivity index (χ1) is 20.6. The second-order valence-corrected chi connectivity index (χ2v) is 14.3. The third kappa shape index (κ3) is 8.53. The summed E-state index contributed by atoms with van der Waals surface area (Å²) in [5, 5.41) is 0. The molecule has 0 N–H and O–H groups in total. The zero-order chi connectivity index (χ0) is 33.5. The second-order valence-electron chi connectivity index (χ2n) is 14.3. The molecule has 0 aromatic carbocycles. The molecule has 2 aliphatic heterocycles. The van der Waals surface area contributed by atoms with Crippen LogP contribution in [0.15, 0.2) is 18.6 Å². The Balaban J connectivity index is 1.66. The van der Waals surface area contributed by atoms with E-state index in [0.717, 1.165) is 31.3 Å². The molecular weight excluding hydrogens is 593 g/mol. The zero-order valence-corrected chi connectivity index (χ0v) is 27.4. The molecule has 2 amide bonds. The Morgan fingerprint density at radius 1 is 0.911 bits per heavy atom. The van der Waals surface area contributed by atoms with E-state index in [2.05, 4.69) is 40.6 Å². The number of amides is 2. The lowest BCUT2D eigenvalue weighted by molar-refractivity contribution is -0.137. The zero-order valence-electron chi connectivity index (χ0n) is 27.4. The van der Waals surface area contributed by atoms with E-state index >= 15 is 0 Å². The number of nitrogens with zero attached hydrogens (tertiary/aromatic N) is 6. The highest BCUT2D eigenvalue weighted by Crippen LogP contribution is 2.40. The summed E-state index contributed by atoms with van der Waals surface area (Å²) in [7, 11) is 0. The summed E-state index contributed by atoms with van der Waals surface area (Å²) >= 11 is 0. The maximum absolute atomic E-state index is 14.6. The first-order valence-corrected chi connectivity index (χ1v) is 14.9. The number of carbonyl (C=O) groups is 2. The van der Waals surface area contributed by atoms with E-state index in [1.54, 1.807) is 4.90 Å². The van der Waals surface area contributed by atoms with E-state index in [4.69, 9.17) is 14.2 Å². The van der Waals surface area contributed by atoms with Crippen LogP contribution in [0.5, 0.6) is 5.88 Å². The van der Waals surface area contributed by atoms with Gasteiger partial charge in [-0.3, -0.25) is 4.90 Å². The van der Waals surface area contributed by atoms with Crippen LogP contribution in [-0.2, 0) is 28.6 Å². The van der Waals surface area contributed by atoms with Crippen molar-refractivity contribution in [2.45, 2.75) is 111 Å². The topological polar surface area (TPSA) is 110 Å². The van der Waals surface area contributed by atoms with Crippen molar-refractivity contribution in [3.63, 3.8) is 0 Å². The lowest BCUT2D eigenvalue weighted by Crippen LogP contribution is -2.45. The van der Waals surface area contributed by atoms with Gasteiger partial charge in [-0.05, 0) is 74.8 Å². The number of likely N-dealkylation sites (tertiary alicyclic amines) is 1. The molecule has 1 saturated heterocycles. The predicted molar refractivity (Wildman–Crippen MR) is 161 cm³/mol. The minimum absolute atomic E-state index is 0.00208. The van der Waals surface area contributed by atoms with Crippen molar-refractivity contribution >= 4 is 23.7 Å². The van der Waals surface area contributed by atoms with Gasteiger partial charge in [0.1, 0.15) is 29.2 Å². The Hall–Kier alpha value is -3.68. The van der Waals surface area contributed by atoms with Crippen molar-refractivity contribution in [1.29, 1.82) is 0 Å². The van der Waals surface area contributed by atoms with Crippen molar-refractivity contribution in [2.75, 3.05) is 29.4 Å². The summed E-state index contributed by atoms with van der Waals surface area (Å²) in [6.07, 6.45) is -3.84. The van der Waals surface area contributed by atoms with Crippen molar-refractivity contribution < 1.29 is 37.0 Å². The Morgan fingerprint density at radius 2 is 1.53 bits per heavy atom. The Morgan fingerprint density at radius 3 is 2.07 bits per heavy atom. The lowest BCUT2D eigenvalue weighted by Gasteiger charge is -2.33. The van der Waals surface area contributed by atoms with Crippen molar-refractivity contribution in [3.8, 4) is 5.88 Å². The maximum atomic E-state index is 14.6. The molecule has 2 aromatic heterocycles. The molecule has 4 rings (SSSR count). The predicted octanol–water partition coefficient (Wildman–Crippen LogP) is 6.38. The van der Waals surface area contributed by atoms with Crippen LogP contribution in [0.2, 0.25) is 0 Å². The van der Waals surface area contributed by atoms with Crippen molar-refractivity contribution in [3.05, 3.63) is 35.4 Å². The minimum atomic E-state index is -4.98. The number of rotatable bonds is 4. The number of anilines is 2. The normalized spacial score (nSPS) is 18.0. The summed E-state index contributed by atoms with van der Waals surface area (Å²) < 4.78 is 60.6. The van der Waals surface area contributed by atoms with Gasteiger partial charge < -0.3 is 19.1 Å². The fraction of sp³-hybridized carbons (Fsp3) is 0.645.